The largest absolute Gasteiger partial charge is 0.497 e. The van der Waals surface area contributed by atoms with Crippen molar-refractivity contribution in [1.29, 1.82) is 0 Å². The summed E-state index contributed by atoms with van der Waals surface area (Å²) in [5, 5.41) is 3.59. The van der Waals surface area contributed by atoms with Gasteiger partial charge in [0.25, 0.3) is 0 Å². The van der Waals surface area contributed by atoms with Crippen molar-refractivity contribution >= 4 is 28.7 Å². The van der Waals surface area contributed by atoms with Gasteiger partial charge in [-0.15, -0.1) is 0 Å². The highest BCUT2D eigenvalue weighted by atomic mass is 35.5. The topological polar surface area (TPSA) is 56.1 Å². The van der Waals surface area contributed by atoms with E-state index < -0.39 is 0 Å². The average molecular weight is 328 g/mol. The van der Waals surface area contributed by atoms with Crippen molar-refractivity contribution in [1.82, 2.24) is 14.9 Å². The van der Waals surface area contributed by atoms with Crippen molar-refractivity contribution in [3.8, 4) is 5.75 Å². The van der Waals surface area contributed by atoms with Gasteiger partial charge >= 0.3 is 6.03 Å². The first kappa shape index (κ1) is 14.1. The van der Waals surface area contributed by atoms with Crippen LogP contribution in [0.1, 0.15) is 17.4 Å². The monoisotopic (exact) mass is 327 g/mol. The molecule has 4 rings (SSSR count). The molecule has 1 amide bonds. The number of nitrogens with zero attached hydrogens (tertiary/aromatic N) is 2. The fourth-order valence-corrected chi connectivity index (χ4v) is 3.10. The maximum Gasteiger partial charge on any atom is 0.328 e. The van der Waals surface area contributed by atoms with Crippen LogP contribution in [0.4, 0.5) is 4.79 Å². The molecule has 0 unspecified atom stereocenters. The molecule has 1 atom stereocenters. The zero-order valence-corrected chi connectivity index (χ0v) is 13.2. The van der Waals surface area contributed by atoms with Crippen LogP contribution in [-0.4, -0.2) is 22.7 Å². The number of ether oxygens (including phenoxy) is 1. The van der Waals surface area contributed by atoms with Gasteiger partial charge in [0, 0.05) is 5.02 Å². The number of halogens is 1. The van der Waals surface area contributed by atoms with Crippen LogP contribution in [-0.2, 0) is 6.42 Å². The Bertz CT molecular complexity index is 902. The van der Waals surface area contributed by atoms with Gasteiger partial charge in [-0.2, -0.15) is 0 Å². The molecular formula is C17H14ClN3O2. The maximum atomic E-state index is 12.3. The Balaban J connectivity index is 1.70. The molecule has 0 aliphatic carbocycles. The molecule has 0 spiro atoms. The number of benzene rings is 2. The summed E-state index contributed by atoms with van der Waals surface area (Å²) in [7, 11) is 1.64. The van der Waals surface area contributed by atoms with Crippen molar-refractivity contribution in [2.45, 2.75) is 12.5 Å². The van der Waals surface area contributed by atoms with E-state index in [4.69, 9.17) is 16.3 Å². The number of imidazole rings is 1. The van der Waals surface area contributed by atoms with E-state index in [-0.39, 0.29) is 12.1 Å². The van der Waals surface area contributed by atoms with E-state index in [0.29, 0.717) is 11.4 Å². The summed E-state index contributed by atoms with van der Waals surface area (Å²) in [5.74, 6) is 1.54. The molecule has 2 aromatic carbocycles. The van der Waals surface area contributed by atoms with Gasteiger partial charge in [0.1, 0.15) is 11.6 Å². The van der Waals surface area contributed by atoms with E-state index in [1.807, 2.05) is 30.3 Å². The van der Waals surface area contributed by atoms with E-state index in [1.54, 1.807) is 23.8 Å². The van der Waals surface area contributed by atoms with E-state index in [2.05, 4.69) is 10.3 Å². The summed E-state index contributed by atoms with van der Waals surface area (Å²) in [6.07, 6.45) is 0.673. The molecule has 2 heterocycles. The Hall–Kier alpha value is -2.53. The lowest BCUT2D eigenvalue weighted by molar-refractivity contribution is 0.245. The first-order valence-electron chi connectivity index (χ1n) is 7.27. The van der Waals surface area contributed by atoms with Crippen LogP contribution in [0, 0.1) is 0 Å². The fourth-order valence-electron chi connectivity index (χ4n) is 2.94. The Morgan fingerprint density at radius 1 is 1.26 bits per heavy atom. The molecule has 5 nitrogen and oxygen atoms in total. The van der Waals surface area contributed by atoms with Gasteiger partial charge in [-0.3, -0.25) is 0 Å². The number of carbonyl (C=O) groups is 1. The predicted molar refractivity (Wildman–Crippen MR) is 88.1 cm³/mol. The number of hydrogen-bond acceptors (Lipinski definition) is 3. The van der Waals surface area contributed by atoms with Gasteiger partial charge in [-0.1, -0.05) is 23.7 Å². The SMILES string of the molecule is COc1ccc(C[C@H]2NC(=O)n3c2nc2cc(Cl)ccc23)cc1. The molecule has 6 heteroatoms. The minimum Gasteiger partial charge on any atom is -0.497 e. The molecule has 1 aliphatic rings. The molecule has 1 N–H and O–H groups in total. The van der Waals surface area contributed by atoms with Crippen molar-refractivity contribution in [2.24, 2.45) is 0 Å². The third-order valence-corrected chi connectivity index (χ3v) is 4.29. The molecular weight excluding hydrogens is 314 g/mol. The molecule has 1 aromatic heterocycles. The molecule has 116 valence electrons. The van der Waals surface area contributed by atoms with E-state index in [0.717, 1.165) is 28.2 Å². The summed E-state index contributed by atoms with van der Waals surface area (Å²) >= 11 is 6.01. The smallest absolute Gasteiger partial charge is 0.328 e. The molecule has 0 bridgehead atoms. The Morgan fingerprint density at radius 2 is 2.04 bits per heavy atom. The van der Waals surface area contributed by atoms with Crippen LogP contribution in [0.2, 0.25) is 5.02 Å². The number of hydrogen-bond donors (Lipinski definition) is 1. The van der Waals surface area contributed by atoms with Crippen LogP contribution < -0.4 is 10.1 Å². The Morgan fingerprint density at radius 3 is 2.78 bits per heavy atom. The summed E-state index contributed by atoms with van der Waals surface area (Å²) in [4.78, 5) is 16.9. The number of fused-ring (bicyclic) bond motifs is 3. The van der Waals surface area contributed by atoms with Gasteiger partial charge in [0.2, 0.25) is 0 Å². The Labute approximate surface area is 137 Å². The molecule has 0 fully saturated rings. The second-order valence-corrected chi connectivity index (χ2v) is 5.93. The number of rotatable bonds is 3. The van der Waals surface area contributed by atoms with Gasteiger partial charge in [0.05, 0.1) is 24.2 Å². The summed E-state index contributed by atoms with van der Waals surface area (Å²) in [5.41, 5.74) is 2.62. The molecule has 0 saturated heterocycles. The van der Waals surface area contributed by atoms with Gasteiger partial charge in [0.15, 0.2) is 0 Å². The Kier molecular flexibility index (Phi) is 3.23. The number of carbonyl (C=O) groups excluding carboxylic acids is 1. The van der Waals surface area contributed by atoms with Crippen molar-refractivity contribution in [2.75, 3.05) is 7.11 Å². The predicted octanol–water partition coefficient (Wildman–Crippen LogP) is 3.55. The quantitative estimate of drug-likeness (QED) is 0.800. The lowest BCUT2D eigenvalue weighted by atomic mass is 10.1. The number of amides is 1. The van der Waals surface area contributed by atoms with Gasteiger partial charge < -0.3 is 10.1 Å². The lowest BCUT2D eigenvalue weighted by Crippen LogP contribution is -2.22. The summed E-state index contributed by atoms with van der Waals surface area (Å²) < 4.78 is 6.79. The number of nitrogens with one attached hydrogen (secondary N) is 1. The normalized spacial score (nSPS) is 16.4. The third-order valence-electron chi connectivity index (χ3n) is 4.05. The molecule has 0 saturated carbocycles. The first-order valence-corrected chi connectivity index (χ1v) is 7.65. The van der Waals surface area contributed by atoms with Crippen molar-refractivity contribution in [3.63, 3.8) is 0 Å². The average Bonchev–Trinajstić information content (AvgIpc) is 3.06. The highest BCUT2D eigenvalue weighted by Crippen LogP contribution is 2.29. The fraction of sp³-hybridized carbons (Fsp3) is 0.176. The standard InChI is InChI=1S/C17H14ClN3O2/c1-23-12-5-2-10(3-6-12)8-14-16-19-13-9-11(18)4-7-15(13)21(16)17(22)20-14/h2-7,9,14H,8H2,1H3,(H,20,22)/t14-/m1/s1. The summed E-state index contributed by atoms with van der Waals surface area (Å²) in [6, 6.07) is 12.9. The van der Waals surface area contributed by atoms with Crippen LogP contribution in [0.5, 0.6) is 5.75 Å². The van der Waals surface area contributed by atoms with Crippen LogP contribution >= 0.6 is 11.6 Å². The van der Waals surface area contributed by atoms with E-state index in [1.165, 1.54) is 0 Å². The van der Waals surface area contributed by atoms with Crippen LogP contribution in [0.3, 0.4) is 0 Å². The number of methoxy groups -OCH3 is 1. The van der Waals surface area contributed by atoms with Crippen LogP contribution in [0.25, 0.3) is 11.0 Å². The van der Waals surface area contributed by atoms with Crippen molar-refractivity contribution in [3.05, 3.63) is 58.9 Å². The second kappa shape index (κ2) is 5.28. The van der Waals surface area contributed by atoms with Crippen molar-refractivity contribution < 1.29 is 9.53 Å². The highest BCUT2D eigenvalue weighted by molar-refractivity contribution is 6.31. The zero-order chi connectivity index (χ0) is 16.0. The van der Waals surface area contributed by atoms with E-state index in [9.17, 15) is 4.79 Å². The molecule has 1 aliphatic heterocycles. The zero-order valence-electron chi connectivity index (χ0n) is 12.4. The van der Waals surface area contributed by atoms with Gasteiger partial charge in [-0.25, -0.2) is 14.3 Å². The highest BCUT2D eigenvalue weighted by Gasteiger charge is 2.32. The minimum absolute atomic E-state index is 0.150. The molecule has 0 radical (unpaired) electrons. The maximum absolute atomic E-state index is 12.3. The number of aromatic nitrogens is 2. The molecule has 23 heavy (non-hydrogen) atoms. The third kappa shape index (κ3) is 2.33. The first-order chi connectivity index (χ1) is 11.2. The van der Waals surface area contributed by atoms with Gasteiger partial charge in [-0.05, 0) is 42.3 Å². The van der Waals surface area contributed by atoms with E-state index >= 15 is 0 Å². The molecule has 3 aromatic rings. The van der Waals surface area contributed by atoms with Crippen LogP contribution in [0.15, 0.2) is 42.5 Å². The second-order valence-electron chi connectivity index (χ2n) is 5.49. The lowest BCUT2D eigenvalue weighted by Gasteiger charge is -2.09. The summed E-state index contributed by atoms with van der Waals surface area (Å²) in [6.45, 7) is 0. The minimum atomic E-state index is -0.151.